The minimum atomic E-state index is -0.0268. The molecule has 3 aromatic rings. The molecule has 0 saturated heterocycles. The van der Waals surface area contributed by atoms with Gasteiger partial charge in [-0.05, 0) is 24.3 Å². The summed E-state index contributed by atoms with van der Waals surface area (Å²) in [6.45, 7) is 1.31. The summed E-state index contributed by atoms with van der Waals surface area (Å²) < 4.78 is 12.1. The third-order valence-corrected chi connectivity index (χ3v) is 5.17. The lowest BCUT2D eigenvalue weighted by atomic mass is 10.1. The van der Waals surface area contributed by atoms with Gasteiger partial charge in [-0.1, -0.05) is 29.8 Å². The molecule has 0 saturated carbocycles. The first-order chi connectivity index (χ1) is 12.2. The van der Waals surface area contributed by atoms with Crippen molar-refractivity contribution >= 4 is 28.8 Å². The highest BCUT2D eigenvalue weighted by Gasteiger charge is 2.27. The molecule has 1 amide bonds. The fraction of sp³-hybridized carbons (Fsp3) is 0.222. The molecule has 0 unspecified atom stereocenters. The van der Waals surface area contributed by atoms with Crippen molar-refractivity contribution in [3.05, 3.63) is 69.0 Å². The van der Waals surface area contributed by atoms with Crippen LogP contribution < -0.4 is 4.74 Å². The monoisotopic (exact) mass is 374 g/mol. The van der Waals surface area contributed by atoms with Gasteiger partial charge in [0.05, 0.1) is 21.5 Å². The van der Waals surface area contributed by atoms with Crippen molar-refractivity contribution in [2.24, 2.45) is 0 Å². The molecule has 128 valence electrons. The third-order valence-electron chi connectivity index (χ3n) is 3.95. The van der Waals surface area contributed by atoms with Crippen LogP contribution in [0.25, 0.3) is 0 Å². The van der Waals surface area contributed by atoms with Gasteiger partial charge in [0, 0.05) is 13.0 Å². The topological polar surface area (TPSA) is 55.6 Å². The molecule has 4 rings (SSSR count). The summed E-state index contributed by atoms with van der Waals surface area (Å²) in [5, 5.41) is 0. The highest BCUT2D eigenvalue weighted by molar-refractivity contribution is 7.17. The van der Waals surface area contributed by atoms with E-state index >= 15 is 0 Å². The Labute approximate surface area is 153 Å². The van der Waals surface area contributed by atoms with Gasteiger partial charge in [0.15, 0.2) is 6.61 Å². The Morgan fingerprint density at radius 1 is 1.28 bits per heavy atom. The fourth-order valence-corrected chi connectivity index (χ4v) is 3.74. The Morgan fingerprint density at radius 3 is 2.88 bits per heavy atom. The van der Waals surface area contributed by atoms with Gasteiger partial charge in [-0.25, -0.2) is 4.98 Å². The van der Waals surface area contributed by atoms with E-state index < -0.39 is 0 Å². The quantitative estimate of drug-likeness (QED) is 0.687. The number of carbonyl (C=O) groups excluding carboxylic acids is 1. The van der Waals surface area contributed by atoms with Crippen molar-refractivity contribution in [3.8, 4) is 5.75 Å². The number of oxazole rings is 1. The largest absolute Gasteiger partial charge is 0.484 e. The second-order valence-corrected chi connectivity index (χ2v) is 7.37. The Hall–Kier alpha value is -2.31. The molecule has 1 aliphatic heterocycles. The highest BCUT2D eigenvalue weighted by Crippen LogP contribution is 2.26. The average molecular weight is 375 g/mol. The zero-order valence-corrected chi connectivity index (χ0v) is 14.8. The number of rotatable bonds is 4. The van der Waals surface area contributed by atoms with Crippen molar-refractivity contribution in [2.45, 2.75) is 19.6 Å². The van der Waals surface area contributed by atoms with Crippen LogP contribution in [0.15, 0.2) is 46.9 Å². The van der Waals surface area contributed by atoms with Crippen LogP contribution in [-0.2, 0) is 19.6 Å². The van der Waals surface area contributed by atoms with Gasteiger partial charge >= 0.3 is 0 Å². The van der Waals surface area contributed by atoms with Crippen LogP contribution in [-0.4, -0.2) is 22.3 Å². The molecule has 0 radical (unpaired) electrons. The van der Waals surface area contributed by atoms with E-state index in [1.165, 1.54) is 11.3 Å². The van der Waals surface area contributed by atoms with E-state index in [1.54, 1.807) is 17.0 Å². The second-order valence-electron chi connectivity index (χ2n) is 5.66. The molecule has 7 heteroatoms. The molecule has 2 aromatic heterocycles. The summed E-state index contributed by atoms with van der Waals surface area (Å²) in [6, 6.07) is 13.0. The first kappa shape index (κ1) is 16.2. The van der Waals surface area contributed by atoms with Gasteiger partial charge in [-0.2, -0.15) is 0 Å². The highest BCUT2D eigenvalue weighted by atomic mass is 35.5. The maximum absolute atomic E-state index is 12.5. The van der Waals surface area contributed by atoms with Crippen molar-refractivity contribution in [3.63, 3.8) is 0 Å². The normalized spacial score (nSPS) is 13.6. The number of benzene rings is 1. The Kier molecular flexibility index (Phi) is 4.46. The number of halogens is 1. The number of amides is 1. The average Bonchev–Trinajstić information content (AvgIpc) is 3.25. The zero-order valence-electron chi connectivity index (χ0n) is 13.3. The molecule has 0 bridgehead atoms. The summed E-state index contributed by atoms with van der Waals surface area (Å²) in [7, 11) is 0. The summed E-state index contributed by atoms with van der Waals surface area (Å²) in [4.78, 5) is 19.4. The number of thiophene rings is 1. The second kappa shape index (κ2) is 6.90. The van der Waals surface area contributed by atoms with Gasteiger partial charge < -0.3 is 14.1 Å². The number of para-hydroxylation sites is 1. The van der Waals surface area contributed by atoms with Gasteiger partial charge in [-0.3, -0.25) is 4.79 Å². The molecule has 1 aromatic carbocycles. The van der Waals surface area contributed by atoms with E-state index in [1.807, 2.05) is 30.3 Å². The third kappa shape index (κ3) is 3.55. The number of ether oxygens (including phenoxy) is 1. The zero-order chi connectivity index (χ0) is 17.2. The summed E-state index contributed by atoms with van der Waals surface area (Å²) >= 11 is 7.21. The van der Waals surface area contributed by atoms with Crippen molar-refractivity contribution in [1.82, 2.24) is 9.88 Å². The van der Waals surface area contributed by atoms with Crippen LogP contribution in [0, 0.1) is 0 Å². The standard InChI is InChI=1S/C18H15ClN2O3S/c19-16-7-6-15(25-16)18(22)21-9-8-13-14(10-21)24-17(20-13)11-23-12-4-2-1-3-5-12/h1-7H,8-11H2. The number of fused-ring (bicyclic) bond motifs is 1. The Morgan fingerprint density at radius 2 is 2.12 bits per heavy atom. The van der Waals surface area contributed by atoms with Gasteiger partial charge in [-0.15, -0.1) is 11.3 Å². The molecule has 5 nitrogen and oxygen atoms in total. The van der Waals surface area contributed by atoms with Crippen LogP contribution in [0.1, 0.15) is 27.0 Å². The molecule has 0 aliphatic carbocycles. The molecular formula is C18H15ClN2O3S. The molecule has 0 fully saturated rings. The van der Waals surface area contributed by atoms with Crippen LogP contribution in [0.3, 0.4) is 0 Å². The van der Waals surface area contributed by atoms with E-state index in [9.17, 15) is 4.79 Å². The molecule has 1 aliphatic rings. The Bertz CT molecular complexity index is 891. The van der Waals surface area contributed by atoms with Crippen molar-refractivity contribution in [1.29, 1.82) is 0 Å². The van der Waals surface area contributed by atoms with Crippen LogP contribution in [0.2, 0.25) is 4.34 Å². The number of hydrogen-bond acceptors (Lipinski definition) is 5. The number of aromatic nitrogens is 1. The predicted octanol–water partition coefficient (Wildman–Crippen LogP) is 4.17. The fourth-order valence-electron chi connectivity index (χ4n) is 2.73. The summed E-state index contributed by atoms with van der Waals surface area (Å²) in [5.74, 6) is 2.00. The first-order valence-corrected chi connectivity index (χ1v) is 9.08. The number of carbonyl (C=O) groups is 1. The van der Waals surface area contributed by atoms with E-state index in [0.29, 0.717) is 34.6 Å². The van der Waals surface area contributed by atoms with Crippen molar-refractivity contribution in [2.75, 3.05) is 6.54 Å². The number of nitrogens with zero attached hydrogens (tertiary/aromatic N) is 2. The predicted molar refractivity (Wildman–Crippen MR) is 95.1 cm³/mol. The minimum Gasteiger partial charge on any atom is -0.484 e. The van der Waals surface area contributed by atoms with E-state index in [2.05, 4.69) is 4.98 Å². The lowest BCUT2D eigenvalue weighted by Crippen LogP contribution is -2.35. The summed E-state index contributed by atoms with van der Waals surface area (Å²) in [5.41, 5.74) is 0.903. The lowest BCUT2D eigenvalue weighted by molar-refractivity contribution is 0.0723. The van der Waals surface area contributed by atoms with Crippen LogP contribution >= 0.6 is 22.9 Å². The molecule has 3 heterocycles. The SMILES string of the molecule is O=C(c1ccc(Cl)s1)N1CCc2nc(COc3ccccc3)oc2C1. The van der Waals surface area contributed by atoms with Crippen LogP contribution in [0.4, 0.5) is 0 Å². The summed E-state index contributed by atoms with van der Waals surface area (Å²) in [6.07, 6.45) is 0.676. The van der Waals surface area contributed by atoms with E-state index in [4.69, 9.17) is 20.8 Å². The smallest absolute Gasteiger partial charge is 0.264 e. The molecule has 25 heavy (non-hydrogen) atoms. The molecular weight excluding hydrogens is 360 g/mol. The first-order valence-electron chi connectivity index (χ1n) is 7.89. The maximum Gasteiger partial charge on any atom is 0.264 e. The molecule has 0 spiro atoms. The maximum atomic E-state index is 12.5. The van der Waals surface area contributed by atoms with Gasteiger partial charge in [0.2, 0.25) is 5.89 Å². The lowest BCUT2D eigenvalue weighted by Gasteiger charge is -2.24. The van der Waals surface area contributed by atoms with E-state index in [-0.39, 0.29) is 12.5 Å². The Balaban J connectivity index is 1.43. The van der Waals surface area contributed by atoms with Crippen molar-refractivity contribution < 1.29 is 13.9 Å². The number of hydrogen-bond donors (Lipinski definition) is 0. The molecule has 0 N–H and O–H groups in total. The van der Waals surface area contributed by atoms with Gasteiger partial charge in [0.1, 0.15) is 11.5 Å². The van der Waals surface area contributed by atoms with E-state index in [0.717, 1.165) is 17.2 Å². The molecule has 0 atom stereocenters. The van der Waals surface area contributed by atoms with Crippen LogP contribution in [0.5, 0.6) is 5.75 Å². The van der Waals surface area contributed by atoms with Gasteiger partial charge in [0.25, 0.3) is 5.91 Å². The minimum absolute atomic E-state index is 0.0268.